The van der Waals surface area contributed by atoms with Gasteiger partial charge in [0, 0.05) is 31.5 Å². The van der Waals surface area contributed by atoms with Crippen LogP contribution in [0.2, 0.25) is 0 Å². The summed E-state index contributed by atoms with van der Waals surface area (Å²) >= 11 is 0. The predicted molar refractivity (Wildman–Crippen MR) is 79.2 cm³/mol. The fraction of sp³-hybridized carbons (Fsp3) is 0.250. The SMILES string of the molecule is CC(Nc1cccc(N(C)C)c1)c1ccc(F)cc1. The summed E-state index contributed by atoms with van der Waals surface area (Å²) < 4.78 is 12.9. The molecule has 0 bridgehead atoms. The highest BCUT2D eigenvalue weighted by Gasteiger charge is 2.06. The van der Waals surface area contributed by atoms with E-state index >= 15 is 0 Å². The maximum absolute atomic E-state index is 12.9. The van der Waals surface area contributed by atoms with E-state index in [0.717, 1.165) is 16.9 Å². The minimum absolute atomic E-state index is 0.137. The molecule has 0 fully saturated rings. The first-order valence-electron chi connectivity index (χ1n) is 6.35. The van der Waals surface area contributed by atoms with Crippen molar-refractivity contribution in [2.75, 3.05) is 24.3 Å². The molecule has 2 aromatic rings. The van der Waals surface area contributed by atoms with Gasteiger partial charge < -0.3 is 10.2 Å². The van der Waals surface area contributed by atoms with E-state index in [1.165, 1.54) is 12.1 Å². The smallest absolute Gasteiger partial charge is 0.123 e. The van der Waals surface area contributed by atoms with Crippen molar-refractivity contribution in [2.24, 2.45) is 0 Å². The van der Waals surface area contributed by atoms with E-state index < -0.39 is 0 Å². The molecule has 1 unspecified atom stereocenters. The first kappa shape index (κ1) is 13.4. The molecular formula is C16H19FN2. The molecule has 0 heterocycles. The largest absolute Gasteiger partial charge is 0.378 e. The molecule has 0 spiro atoms. The minimum Gasteiger partial charge on any atom is -0.378 e. The minimum atomic E-state index is -0.203. The second-order valence-corrected chi connectivity index (χ2v) is 4.86. The van der Waals surface area contributed by atoms with Crippen molar-refractivity contribution in [1.82, 2.24) is 0 Å². The summed E-state index contributed by atoms with van der Waals surface area (Å²) in [5.41, 5.74) is 3.27. The lowest BCUT2D eigenvalue weighted by Crippen LogP contribution is -2.10. The predicted octanol–water partition coefficient (Wildman–Crippen LogP) is 4.06. The Bertz CT molecular complexity index is 535. The third-order valence-electron chi connectivity index (χ3n) is 3.12. The Labute approximate surface area is 113 Å². The maximum atomic E-state index is 12.9. The highest BCUT2D eigenvalue weighted by molar-refractivity contribution is 5.58. The summed E-state index contributed by atoms with van der Waals surface area (Å²) in [5.74, 6) is -0.203. The van der Waals surface area contributed by atoms with E-state index in [1.54, 1.807) is 0 Å². The third-order valence-corrected chi connectivity index (χ3v) is 3.12. The van der Waals surface area contributed by atoms with E-state index in [2.05, 4.69) is 29.3 Å². The van der Waals surface area contributed by atoms with Gasteiger partial charge in [0.2, 0.25) is 0 Å². The summed E-state index contributed by atoms with van der Waals surface area (Å²) in [6.45, 7) is 2.07. The Morgan fingerprint density at radius 2 is 1.74 bits per heavy atom. The molecule has 1 N–H and O–H groups in total. The summed E-state index contributed by atoms with van der Waals surface area (Å²) in [6.07, 6.45) is 0. The van der Waals surface area contributed by atoms with Gasteiger partial charge in [-0.25, -0.2) is 4.39 Å². The van der Waals surface area contributed by atoms with Crippen LogP contribution in [0.15, 0.2) is 48.5 Å². The van der Waals surface area contributed by atoms with Crippen LogP contribution in [0, 0.1) is 5.82 Å². The summed E-state index contributed by atoms with van der Waals surface area (Å²) in [5, 5.41) is 3.42. The Balaban J connectivity index is 2.12. The molecule has 0 saturated carbocycles. The Hall–Kier alpha value is -2.03. The summed E-state index contributed by atoms with van der Waals surface area (Å²) in [4.78, 5) is 2.06. The van der Waals surface area contributed by atoms with Crippen molar-refractivity contribution < 1.29 is 4.39 Å². The molecule has 0 aliphatic rings. The van der Waals surface area contributed by atoms with Crippen molar-refractivity contribution in [1.29, 1.82) is 0 Å². The van der Waals surface area contributed by atoms with Gasteiger partial charge in [0.1, 0.15) is 5.82 Å². The number of hydrogen-bond donors (Lipinski definition) is 1. The van der Waals surface area contributed by atoms with E-state index in [-0.39, 0.29) is 11.9 Å². The number of nitrogens with one attached hydrogen (secondary N) is 1. The average molecular weight is 258 g/mol. The molecule has 19 heavy (non-hydrogen) atoms. The van der Waals surface area contributed by atoms with Crippen LogP contribution in [0.4, 0.5) is 15.8 Å². The molecule has 0 radical (unpaired) electrons. The van der Waals surface area contributed by atoms with E-state index in [4.69, 9.17) is 0 Å². The summed E-state index contributed by atoms with van der Waals surface area (Å²) in [6, 6.07) is 15.0. The number of rotatable bonds is 4. The first-order valence-corrected chi connectivity index (χ1v) is 6.35. The fourth-order valence-corrected chi connectivity index (χ4v) is 1.96. The van der Waals surface area contributed by atoms with Gasteiger partial charge >= 0.3 is 0 Å². The lowest BCUT2D eigenvalue weighted by molar-refractivity contribution is 0.626. The number of nitrogens with zero attached hydrogens (tertiary/aromatic N) is 1. The number of benzene rings is 2. The lowest BCUT2D eigenvalue weighted by atomic mass is 10.1. The molecule has 100 valence electrons. The quantitative estimate of drug-likeness (QED) is 0.889. The van der Waals surface area contributed by atoms with Crippen LogP contribution in [0.3, 0.4) is 0 Å². The second-order valence-electron chi connectivity index (χ2n) is 4.86. The van der Waals surface area contributed by atoms with Gasteiger partial charge in [0.25, 0.3) is 0 Å². The first-order chi connectivity index (χ1) is 9.06. The average Bonchev–Trinajstić information content (AvgIpc) is 2.39. The van der Waals surface area contributed by atoms with Gasteiger partial charge in [-0.05, 0) is 42.8 Å². The van der Waals surface area contributed by atoms with Crippen LogP contribution in [0.25, 0.3) is 0 Å². The molecule has 0 aliphatic heterocycles. The second kappa shape index (κ2) is 5.74. The van der Waals surface area contributed by atoms with Gasteiger partial charge in [-0.2, -0.15) is 0 Å². The molecule has 3 heteroatoms. The van der Waals surface area contributed by atoms with Gasteiger partial charge in [-0.3, -0.25) is 0 Å². The van der Waals surface area contributed by atoms with E-state index in [9.17, 15) is 4.39 Å². The standard InChI is InChI=1S/C16H19FN2/c1-12(13-7-9-14(17)10-8-13)18-15-5-4-6-16(11-15)19(2)3/h4-12,18H,1-3H3. The lowest BCUT2D eigenvalue weighted by Gasteiger charge is -2.18. The summed E-state index contributed by atoms with van der Waals surface area (Å²) in [7, 11) is 4.03. The van der Waals surface area contributed by atoms with E-state index in [0.29, 0.717) is 0 Å². The van der Waals surface area contributed by atoms with Crippen LogP contribution in [-0.4, -0.2) is 14.1 Å². The number of anilines is 2. The van der Waals surface area contributed by atoms with Crippen molar-refractivity contribution >= 4 is 11.4 Å². The highest BCUT2D eigenvalue weighted by Crippen LogP contribution is 2.22. The highest BCUT2D eigenvalue weighted by atomic mass is 19.1. The van der Waals surface area contributed by atoms with Gasteiger partial charge in [0.05, 0.1) is 0 Å². The van der Waals surface area contributed by atoms with Crippen LogP contribution < -0.4 is 10.2 Å². The molecule has 0 amide bonds. The molecule has 2 rings (SSSR count). The zero-order valence-electron chi connectivity index (χ0n) is 11.5. The van der Waals surface area contributed by atoms with Gasteiger partial charge in [0.15, 0.2) is 0 Å². The number of halogens is 1. The molecule has 0 aromatic heterocycles. The van der Waals surface area contributed by atoms with E-state index in [1.807, 2.05) is 38.4 Å². The zero-order chi connectivity index (χ0) is 13.8. The van der Waals surface area contributed by atoms with Crippen LogP contribution in [0.5, 0.6) is 0 Å². The molecule has 0 aliphatic carbocycles. The fourth-order valence-electron chi connectivity index (χ4n) is 1.96. The number of hydrogen-bond acceptors (Lipinski definition) is 2. The molecular weight excluding hydrogens is 239 g/mol. The van der Waals surface area contributed by atoms with Crippen molar-refractivity contribution in [3.05, 3.63) is 59.9 Å². The maximum Gasteiger partial charge on any atom is 0.123 e. The van der Waals surface area contributed by atoms with Crippen LogP contribution in [0.1, 0.15) is 18.5 Å². The zero-order valence-corrected chi connectivity index (χ0v) is 11.5. The van der Waals surface area contributed by atoms with Gasteiger partial charge in [-0.1, -0.05) is 18.2 Å². The monoisotopic (exact) mass is 258 g/mol. The van der Waals surface area contributed by atoms with Crippen molar-refractivity contribution in [2.45, 2.75) is 13.0 Å². The topological polar surface area (TPSA) is 15.3 Å². The van der Waals surface area contributed by atoms with Crippen LogP contribution in [-0.2, 0) is 0 Å². The molecule has 0 saturated heterocycles. The Kier molecular flexibility index (Phi) is 4.05. The normalized spacial score (nSPS) is 12.0. The molecule has 2 nitrogen and oxygen atoms in total. The Morgan fingerprint density at radius 3 is 2.37 bits per heavy atom. The van der Waals surface area contributed by atoms with Crippen molar-refractivity contribution in [3.8, 4) is 0 Å². The molecule has 2 aromatic carbocycles. The van der Waals surface area contributed by atoms with Crippen LogP contribution >= 0.6 is 0 Å². The molecule has 1 atom stereocenters. The van der Waals surface area contributed by atoms with Crippen molar-refractivity contribution in [3.63, 3.8) is 0 Å². The third kappa shape index (κ3) is 3.47. The van der Waals surface area contributed by atoms with Gasteiger partial charge in [-0.15, -0.1) is 0 Å². The Morgan fingerprint density at radius 1 is 1.05 bits per heavy atom.